The molecule has 5 heteroatoms. The van der Waals surface area contributed by atoms with Crippen LogP contribution in [-0.4, -0.2) is 19.1 Å². The zero-order valence-electron chi connectivity index (χ0n) is 11.4. The first-order chi connectivity index (χ1) is 9.63. The van der Waals surface area contributed by atoms with Crippen LogP contribution in [0.15, 0.2) is 36.5 Å². The molecule has 0 saturated heterocycles. The summed E-state index contributed by atoms with van der Waals surface area (Å²) < 4.78 is 18.3. The summed E-state index contributed by atoms with van der Waals surface area (Å²) >= 11 is 6.03. The van der Waals surface area contributed by atoms with Gasteiger partial charge in [-0.1, -0.05) is 11.6 Å². The number of nitrogens with zero attached hydrogens (tertiary/aromatic N) is 1. The second kappa shape index (κ2) is 6.68. The average molecular weight is 295 g/mol. The van der Waals surface area contributed by atoms with E-state index in [-0.39, 0.29) is 11.9 Å². The van der Waals surface area contributed by atoms with Crippen molar-refractivity contribution in [3.05, 3.63) is 58.6 Å². The van der Waals surface area contributed by atoms with Gasteiger partial charge in [0.15, 0.2) is 0 Å². The Labute approximate surface area is 122 Å². The molecule has 0 fully saturated rings. The number of aromatic nitrogens is 1. The molecule has 0 radical (unpaired) electrons. The second-order valence-corrected chi connectivity index (χ2v) is 4.84. The van der Waals surface area contributed by atoms with E-state index in [0.29, 0.717) is 11.4 Å². The highest BCUT2D eigenvalue weighted by molar-refractivity contribution is 6.30. The normalized spacial score (nSPS) is 12.2. The third kappa shape index (κ3) is 3.46. The van der Waals surface area contributed by atoms with Crippen LogP contribution in [0, 0.1) is 5.82 Å². The molecule has 1 heterocycles. The Morgan fingerprint density at radius 3 is 2.75 bits per heavy atom. The number of hydrogen-bond acceptors (Lipinski definition) is 3. The number of methoxy groups -OCH3 is 1. The van der Waals surface area contributed by atoms with E-state index in [1.165, 1.54) is 12.3 Å². The smallest absolute Gasteiger partial charge is 0.141 e. The fourth-order valence-electron chi connectivity index (χ4n) is 2.07. The van der Waals surface area contributed by atoms with Crippen molar-refractivity contribution in [3.63, 3.8) is 0 Å². The third-order valence-electron chi connectivity index (χ3n) is 3.12. The van der Waals surface area contributed by atoms with E-state index in [0.717, 1.165) is 17.0 Å². The molecule has 0 bridgehead atoms. The molecule has 3 nitrogen and oxygen atoms in total. The van der Waals surface area contributed by atoms with Crippen molar-refractivity contribution >= 4 is 11.6 Å². The van der Waals surface area contributed by atoms with Crippen molar-refractivity contribution in [1.82, 2.24) is 10.3 Å². The van der Waals surface area contributed by atoms with Crippen molar-refractivity contribution < 1.29 is 9.13 Å². The maximum absolute atomic E-state index is 12.9. The fourth-order valence-corrected chi connectivity index (χ4v) is 2.27. The lowest BCUT2D eigenvalue weighted by Crippen LogP contribution is -2.20. The molecular weight excluding hydrogens is 279 g/mol. The molecule has 2 rings (SSSR count). The highest BCUT2D eigenvalue weighted by Crippen LogP contribution is 2.27. The Kier molecular flexibility index (Phi) is 4.93. The van der Waals surface area contributed by atoms with E-state index < -0.39 is 0 Å². The molecule has 0 aliphatic heterocycles. The van der Waals surface area contributed by atoms with Gasteiger partial charge in [-0.15, -0.1) is 0 Å². The lowest BCUT2D eigenvalue weighted by Gasteiger charge is -2.17. The number of halogens is 2. The van der Waals surface area contributed by atoms with Crippen molar-refractivity contribution in [2.24, 2.45) is 0 Å². The lowest BCUT2D eigenvalue weighted by atomic mass is 10.0. The molecule has 1 N–H and O–H groups in total. The summed E-state index contributed by atoms with van der Waals surface area (Å²) in [6.45, 7) is 0. The van der Waals surface area contributed by atoms with Gasteiger partial charge >= 0.3 is 0 Å². The zero-order chi connectivity index (χ0) is 14.5. The molecule has 0 spiro atoms. The molecule has 0 amide bonds. The van der Waals surface area contributed by atoms with Gasteiger partial charge in [-0.3, -0.25) is 4.98 Å². The Morgan fingerprint density at radius 2 is 2.15 bits per heavy atom. The van der Waals surface area contributed by atoms with Gasteiger partial charge in [0, 0.05) is 5.02 Å². The van der Waals surface area contributed by atoms with Crippen LogP contribution in [0.5, 0.6) is 5.75 Å². The topological polar surface area (TPSA) is 34.1 Å². The van der Waals surface area contributed by atoms with Crippen LogP contribution in [0.2, 0.25) is 5.02 Å². The van der Waals surface area contributed by atoms with Gasteiger partial charge < -0.3 is 10.1 Å². The van der Waals surface area contributed by atoms with Gasteiger partial charge in [-0.2, -0.15) is 0 Å². The predicted octanol–water partition coefficient (Wildman–Crippen LogP) is 3.39. The fraction of sp³-hybridized carbons (Fsp3) is 0.267. The molecule has 1 atom stereocenters. The second-order valence-electron chi connectivity index (χ2n) is 4.40. The van der Waals surface area contributed by atoms with Crippen molar-refractivity contribution in [1.29, 1.82) is 0 Å². The number of nitrogens with one attached hydrogen (secondary N) is 1. The summed E-state index contributed by atoms with van der Waals surface area (Å²) in [5, 5.41) is 3.83. The molecule has 106 valence electrons. The van der Waals surface area contributed by atoms with E-state index in [4.69, 9.17) is 16.3 Å². The Morgan fingerprint density at radius 1 is 1.35 bits per heavy atom. The molecule has 0 aliphatic rings. The van der Waals surface area contributed by atoms with E-state index in [1.807, 2.05) is 19.2 Å². The first kappa shape index (κ1) is 14.8. The number of benzene rings is 1. The highest BCUT2D eigenvalue weighted by Gasteiger charge is 2.15. The molecule has 0 saturated carbocycles. The summed E-state index contributed by atoms with van der Waals surface area (Å²) in [5.41, 5.74) is 1.75. The number of pyridine rings is 1. The number of rotatable bonds is 5. The summed E-state index contributed by atoms with van der Waals surface area (Å²) in [7, 11) is 3.46. The van der Waals surface area contributed by atoms with E-state index in [2.05, 4.69) is 10.3 Å². The minimum Gasteiger partial charge on any atom is -0.496 e. The monoisotopic (exact) mass is 294 g/mol. The number of ether oxygens (including phenoxy) is 1. The first-order valence-corrected chi connectivity index (χ1v) is 6.63. The van der Waals surface area contributed by atoms with Gasteiger partial charge in [-0.25, -0.2) is 4.39 Å². The average Bonchev–Trinajstić information content (AvgIpc) is 2.46. The molecular formula is C15H16ClFN2O. The highest BCUT2D eigenvalue weighted by atomic mass is 35.5. The summed E-state index contributed by atoms with van der Waals surface area (Å²) in [5.74, 6) is 0.431. The predicted molar refractivity (Wildman–Crippen MR) is 77.7 cm³/mol. The molecule has 1 aromatic heterocycles. The number of hydrogen-bond donors (Lipinski definition) is 1. The molecule has 1 aromatic carbocycles. The SMILES string of the molecule is CNC(Cc1cc(Cl)ccc1OC)c1ccc(F)cn1. The molecule has 1 unspecified atom stereocenters. The standard InChI is InChI=1S/C15H16ClFN2O/c1-18-14(13-5-4-12(17)9-19-13)8-10-7-11(16)3-6-15(10)20-2/h3-7,9,14,18H,8H2,1-2H3. The van der Waals surface area contributed by atoms with Crippen LogP contribution in [0.25, 0.3) is 0 Å². The van der Waals surface area contributed by atoms with Crippen molar-refractivity contribution in [3.8, 4) is 5.75 Å². The van der Waals surface area contributed by atoms with Crippen molar-refractivity contribution in [2.45, 2.75) is 12.5 Å². The molecule has 20 heavy (non-hydrogen) atoms. The van der Waals surface area contributed by atoms with Gasteiger partial charge in [0.25, 0.3) is 0 Å². The Balaban J connectivity index is 2.26. The lowest BCUT2D eigenvalue weighted by molar-refractivity contribution is 0.406. The first-order valence-electron chi connectivity index (χ1n) is 6.25. The van der Waals surface area contributed by atoms with Crippen LogP contribution in [0.4, 0.5) is 4.39 Å². The van der Waals surface area contributed by atoms with Gasteiger partial charge in [-0.05, 0) is 49.4 Å². The Bertz CT molecular complexity index is 575. The van der Waals surface area contributed by atoms with Crippen LogP contribution >= 0.6 is 11.6 Å². The van der Waals surface area contributed by atoms with E-state index in [1.54, 1.807) is 19.2 Å². The minimum absolute atomic E-state index is 0.0389. The minimum atomic E-state index is -0.344. The van der Waals surface area contributed by atoms with Crippen molar-refractivity contribution in [2.75, 3.05) is 14.2 Å². The summed E-state index contributed by atoms with van der Waals surface area (Å²) in [6.07, 6.45) is 1.87. The van der Waals surface area contributed by atoms with Gasteiger partial charge in [0.1, 0.15) is 11.6 Å². The van der Waals surface area contributed by atoms with Crippen LogP contribution in [-0.2, 0) is 6.42 Å². The van der Waals surface area contributed by atoms with Crippen LogP contribution in [0.1, 0.15) is 17.3 Å². The largest absolute Gasteiger partial charge is 0.496 e. The number of likely N-dealkylation sites (N-methyl/N-ethyl adjacent to an activating group) is 1. The summed E-state index contributed by atoms with van der Waals surface area (Å²) in [6, 6.07) is 8.53. The third-order valence-corrected chi connectivity index (χ3v) is 3.36. The van der Waals surface area contributed by atoms with Gasteiger partial charge in [0.2, 0.25) is 0 Å². The molecule has 2 aromatic rings. The van der Waals surface area contributed by atoms with Gasteiger partial charge in [0.05, 0.1) is 25.0 Å². The van der Waals surface area contributed by atoms with E-state index in [9.17, 15) is 4.39 Å². The van der Waals surface area contributed by atoms with Crippen LogP contribution in [0.3, 0.4) is 0 Å². The Hall–Kier alpha value is -1.65. The quantitative estimate of drug-likeness (QED) is 0.918. The van der Waals surface area contributed by atoms with Crippen LogP contribution < -0.4 is 10.1 Å². The zero-order valence-corrected chi connectivity index (χ0v) is 12.1. The van der Waals surface area contributed by atoms with E-state index >= 15 is 0 Å². The summed E-state index contributed by atoms with van der Waals surface area (Å²) in [4.78, 5) is 4.11. The maximum atomic E-state index is 12.9. The maximum Gasteiger partial charge on any atom is 0.141 e. The molecule has 0 aliphatic carbocycles.